The van der Waals surface area contributed by atoms with Gasteiger partial charge < -0.3 is 15.5 Å². The first-order chi connectivity index (χ1) is 10.2. The fraction of sp³-hybridized carbons (Fsp3) is 0.562. The molecule has 1 atom stereocenters. The van der Waals surface area contributed by atoms with Gasteiger partial charge in [0.2, 0.25) is 0 Å². The van der Waals surface area contributed by atoms with Crippen LogP contribution in [0.4, 0.5) is 5.69 Å². The molecule has 2 N–H and O–H groups in total. The van der Waals surface area contributed by atoms with Gasteiger partial charge in [-0.15, -0.1) is 0 Å². The second-order valence-electron chi connectivity index (χ2n) is 5.45. The first kappa shape index (κ1) is 16.0. The minimum atomic E-state index is 0.500. The summed E-state index contributed by atoms with van der Waals surface area (Å²) in [4.78, 5) is 4.99. The molecule has 0 saturated carbocycles. The zero-order valence-corrected chi connectivity index (χ0v) is 13.8. The van der Waals surface area contributed by atoms with Gasteiger partial charge in [-0.25, -0.2) is 0 Å². The van der Waals surface area contributed by atoms with Crippen molar-refractivity contribution in [1.82, 2.24) is 15.5 Å². The molecule has 5 heteroatoms. The number of nitrogens with one attached hydrogen (secondary N) is 2. The summed E-state index contributed by atoms with van der Waals surface area (Å²) in [6.45, 7) is 10.5. The van der Waals surface area contributed by atoms with Crippen LogP contribution in [0.1, 0.15) is 13.8 Å². The van der Waals surface area contributed by atoms with E-state index in [2.05, 4.69) is 64.6 Å². The maximum Gasteiger partial charge on any atom is 0.166 e. The summed E-state index contributed by atoms with van der Waals surface area (Å²) < 4.78 is 0. The van der Waals surface area contributed by atoms with E-state index in [1.54, 1.807) is 0 Å². The molecule has 0 bridgehead atoms. The highest BCUT2D eigenvalue weighted by atomic mass is 32.1. The minimum Gasteiger partial charge on any atom is -0.369 e. The molecule has 1 saturated heterocycles. The van der Waals surface area contributed by atoms with E-state index in [0.717, 1.165) is 44.4 Å². The highest BCUT2D eigenvalue weighted by Crippen LogP contribution is 2.16. The van der Waals surface area contributed by atoms with Crippen molar-refractivity contribution in [3.05, 3.63) is 30.3 Å². The Kier molecular flexibility index (Phi) is 6.26. The van der Waals surface area contributed by atoms with E-state index < -0.39 is 0 Å². The Morgan fingerprint density at radius 3 is 2.43 bits per heavy atom. The number of benzene rings is 1. The van der Waals surface area contributed by atoms with Gasteiger partial charge in [0.1, 0.15) is 0 Å². The molecular formula is C16H26N4S. The molecule has 0 aliphatic carbocycles. The highest BCUT2D eigenvalue weighted by Gasteiger charge is 2.21. The van der Waals surface area contributed by atoms with Gasteiger partial charge in [-0.1, -0.05) is 18.2 Å². The fourth-order valence-corrected chi connectivity index (χ4v) is 2.88. The molecule has 0 spiro atoms. The first-order valence-corrected chi connectivity index (χ1v) is 8.17. The van der Waals surface area contributed by atoms with Crippen LogP contribution < -0.4 is 15.5 Å². The fourth-order valence-electron chi connectivity index (χ4n) is 2.65. The number of nitrogens with zero attached hydrogens (tertiary/aromatic N) is 2. The van der Waals surface area contributed by atoms with Gasteiger partial charge in [0, 0.05) is 51.0 Å². The average Bonchev–Trinajstić information content (AvgIpc) is 2.54. The number of thiocarbonyl (C=S) groups is 1. The number of anilines is 1. The lowest BCUT2D eigenvalue weighted by Gasteiger charge is -2.39. The lowest BCUT2D eigenvalue weighted by molar-refractivity contribution is 0.197. The number of rotatable bonds is 5. The van der Waals surface area contributed by atoms with Crippen LogP contribution in [0.3, 0.4) is 0 Å². The van der Waals surface area contributed by atoms with Crippen molar-refractivity contribution in [2.75, 3.05) is 44.2 Å². The topological polar surface area (TPSA) is 30.5 Å². The maximum atomic E-state index is 5.21. The van der Waals surface area contributed by atoms with Crippen LogP contribution in [0.2, 0.25) is 0 Å². The summed E-state index contributed by atoms with van der Waals surface area (Å²) >= 11 is 5.21. The van der Waals surface area contributed by atoms with Gasteiger partial charge in [0.25, 0.3) is 0 Å². The molecular weight excluding hydrogens is 280 g/mol. The van der Waals surface area contributed by atoms with E-state index >= 15 is 0 Å². The summed E-state index contributed by atoms with van der Waals surface area (Å²) in [6, 6.07) is 11.2. The Hall–Kier alpha value is -1.33. The molecule has 0 amide bonds. The second kappa shape index (κ2) is 8.20. The quantitative estimate of drug-likeness (QED) is 0.808. The first-order valence-electron chi connectivity index (χ1n) is 7.76. The summed E-state index contributed by atoms with van der Waals surface area (Å²) in [5.74, 6) is 0. The predicted molar refractivity (Wildman–Crippen MR) is 94.0 cm³/mol. The molecule has 2 rings (SSSR count). The third-order valence-corrected chi connectivity index (χ3v) is 4.24. The van der Waals surface area contributed by atoms with E-state index in [1.807, 2.05) is 0 Å². The molecule has 0 radical (unpaired) electrons. The molecule has 1 fully saturated rings. The second-order valence-corrected chi connectivity index (χ2v) is 5.86. The molecule has 1 aliphatic heterocycles. The van der Waals surface area contributed by atoms with Crippen molar-refractivity contribution < 1.29 is 0 Å². The molecule has 1 aliphatic rings. The van der Waals surface area contributed by atoms with Gasteiger partial charge in [0.05, 0.1) is 0 Å². The number of hydrogen-bond acceptors (Lipinski definition) is 3. The van der Waals surface area contributed by atoms with E-state index in [4.69, 9.17) is 12.2 Å². The molecule has 0 aromatic heterocycles. The number of hydrogen-bond donors (Lipinski definition) is 2. The Morgan fingerprint density at radius 1 is 1.14 bits per heavy atom. The van der Waals surface area contributed by atoms with Crippen molar-refractivity contribution in [2.45, 2.75) is 19.9 Å². The Morgan fingerprint density at radius 2 is 1.81 bits per heavy atom. The van der Waals surface area contributed by atoms with Gasteiger partial charge in [-0.2, -0.15) is 0 Å². The van der Waals surface area contributed by atoms with Crippen LogP contribution in [-0.4, -0.2) is 55.3 Å². The number of para-hydroxylation sites is 1. The molecule has 0 unspecified atom stereocenters. The molecule has 116 valence electrons. The smallest absolute Gasteiger partial charge is 0.166 e. The Bertz CT molecular complexity index is 429. The van der Waals surface area contributed by atoms with E-state index in [9.17, 15) is 0 Å². The van der Waals surface area contributed by atoms with E-state index in [1.165, 1.54) is 5.69 Å². The SMILES string of the molecule is CCNC(=S)NC[C@H](C)N1CCN(c2ccccc2)CC1. The minimum absolute atomic E-state index is 0.500. The Labute approximate surface area is 133 Å². The lowest BCUT2D eigenvalue weighted by Crippen LogP contribution is -2.53. The number of piperazine rings is 1. The van der Waals surface area contributed by atoms with Crippen LogP contribution in [0.25, 0.3) is 0 Å². The summed E-state index contributed by atoms with van der Waals surface area (Å²) in [7, 11) is 0. The zero-order valence-electron chi connectivity index (χ0n) is 13.0. The molecule has 1 heterocycles. The normalized spacial score (nSPS) is 17.3. The van der Waals surface area contributed by atoms with Crippen LogP contribution in [0.15, 0.2) is 30.3 Å². The monoisotopic (exact) mass is 306 g/mol. The van der Waals surface area contributed by atoms with Crippen LogP contribution in [0, 0.1) is 0 Å². The highest BCUT2D eigenvalue weighted by molar-refractivity contribution is 7.80. The standard InChI is InChI=1S/C16H26N4S/c1-3-17-16(21)18-13-14(2)19-9-11-20(12-10-19)15-7-5-4-6-8-15/h4-8,14H,3,9-13H2,1-2H3,(H2,17,18,21)/t14-/m0/s1. The van der Waals surface area contributed by atoms with Crippen molar-refractivity contribution in [1.29, 1.82) is 0 Å². The van der Waals surface area contributed by atoms with Crippen LogP contribution in [0.5, 0.6) is 0 Å². The largest absolute Gasteiger partial charge is 0.369 e. The van der Waals surface area contributed by atoms with Crippen molar-refractivity contribution in [3.63, 3.8) is 0 Å². The third kappa shape index (κ3) is 4.86. The zero-order chi connectivity index (χ0) is 15.1. The summed E-state index contributed by atoms with van der Waals surface area (Å²) in [5.41, 5.74) is 1.33. The van der Waals surface area contributed by atoms with Gasteiger partial charge in [0.15, 0.2) is 5.11 Å². The van der Waals surface area contributed by atoms with Crippen LogP contribution in [-0.2, 0) is 0 Å². The van der Waals surface area contributed by atoms with E-state index in [-0.39, 0.29) is 0 Å². The van der Waals surface area contributed by atoms with Crippen LogP contribution >= 0.6 is 12.2 Å². The lowest BCUT2D eigenvalue weighted by atomic mass is 10.2. The van der Waals surface area contributed by atoms with Crippen molar-refractivity contribution >= 4 is 23.0 Å². The summed E-state index contributed by atoms with van der Waals surface area (Å²) in [5, 5.41) is 7.17. The van der Waals surface area contributed by atoms with Crippen molar-refractivity contribution in [2.24, 2.45) is 0 Å². The average molecular weight is 306 g/mol. The van der Waals surface area contributed by atoms with Gasteiger partial charge in [-0.3, -0.25) is 4.90 Å². The molecule has 21 heavy (non-hydrogen) atoms. The summed E-state index contributed by atoms with van der Waals surface area (Å²) in [6.07, 6.45) is 0. The third-order valence-electron chi connectivity index (χ3n) is 3.95. The molecule has 1 aromatic rings. The Balaban J connectivity index is 1.74. The van der Waals surface area contributed by atoms with Gasteiger partial charge >= 0.3 is 0 Å². The van der Waals surface area contributed by atoms with Crippen molar-refractivity contribution in [3.8, 4) is 0 Å². The van der Waals surface area contributed by atoms with E-state index in [0.29, 0.717) is 6.04 Å². The predicted octanol–water partition coefficient (Wildman–Crippen LogP) is 1.68. The van der Waals surface area contributed by atoms with Gasteiger partial charge in [-0.05, 0) is 38.2 Å². The molecule has 1 aromatic carbocycles. The molecule has 4 nitrogen and oxygen atoms in total. The maximum absolute atomic E-state index is 5.21.